The highest BCUT2D eigenvalue weighted by molar-refractivity contribution is 6.90. The fourth-order valence-electron chi connectivity index (χ4n) is 5.92. The molecular formula is C31H26N2Si. The van der Waals surface area contributed by atoms with E-state index in [0.29, 0.717) is 0 Å². The monoisotopic (exact) mass is 454 g/mol. The summed E-state index contributed by atoms with van der Waals surface area (Å²) in [5.41, 5.74) is 5.02. The largest absolute Gasteiger partial charge is 0.313 e. The second-order valence-corrected chi connectivity index (χ2v) is 15.6. The summed E-state index contributed by atoms with van der Waals surface area (Å²) < 4.78 is 2.51. The van der Waals surface area contributed by atoms with Crippen LogP contribution in [0.3, 0.4) is 0 Å². The number of hydrogen-bond donors (Lipinski definition) is 0. The number of aromatic nitrogens is 2. The van der Waals surface area contributed by atoms with Gasteiger partial charge in [0.25, 0.3) is 0 Å². The molecule has 0 saturated carbocycles. The van der Waals surface area contributed by atoms with Crippen molar-refractivity contribution in [3.63, 3.8) is 0 Å². The molecule has 3 heteroatoms. The average molecular weight is 455 g/mol. The van der Waals surface area contributed by atoms with Crippen LogP contribution in [0.25, 0.3) is 59.8 Å². The fourth-order valence-corrected chi connectivity index (χ4v) is 7.46. The van der Waals surface area contributed by atoms with Crippen molar-refractivity contribution in [2.75, 3.05) is 0 Å². The quantitative estimate of drug-likeness (QED) is 0.147. The van der Waals surface area contributed by atoms with Crippen molar-refractivity contribution >= 4 is 67.4 Å². The summed E-state index contributed by atoms with van der Waals surface area (Å²) in [5.74, 6) is 0. The molecule has 0 N–H and O–H groups in total. The minimum atomic E-state index is -1.66. The molecule has 0 amide bonds. The third-order valence-corrected chi connectivity index (χ3v) is 9.43. The van der Waals surface area contributed by atoms with E-state index in [4.69, 9.17) is 4.98 Å². The molecule has 34 heavy (non-hydrogen) atoms. The van der Waals surface area contributed by atoms with Crippen molar-refractivity contribution in [3.05, 3.63) is 90.8 Å². The molecule has 2 aromatic heterocycles. The molecule has 0 radical (unpaired) electrons. The maximum atomic E-state index is 4.97. The molecule has 0 bridgehead atoms. The number of benzene rings is 5. The Kier molecular flexibility index (Phi) is 3.88. The Balaban J connectivity index is 1.85. The molecule has 2 heterocycles. The molecule has 164 valence electrons. The van der Waals surface area contributed by atoms with Crippen LogP contribution in [0.1, 0.15) is 5.69 Å². The van der Waals surface area contributed by atoms with Gasteiger partial charge in [0.15, 0.2) is 0 Å². The lowest BCUT2D eigenvalue weighted by atomic mass is 9.93. The Labute approximate surface area is 199 Å². The molecule has 0 saturated heterocycles. The molecule has 5 aromatic carbocycles. The first-order chi connectivity index (χ1) is 16.4. The Morgan fingerprint density at radius 3 is 2.06 bits per heavy atom. The van der Waals surface area contributed by atoms with E-state index in [0.717, 1.165) is 5.52 Å². The Bertz CT molecular complexity index is 1890. The van der Waals surface area contributed by atoms with E-state index >= 15 is 0 Å². The van der Waals surface area contributed by atoms with Crippen LogP contribution in [0, 0.1) is 6.92 Å². The standard InChI is InChI=1S/C31H26N2Si/c1-19-27-24-16-20-10-8-9-11-21(20)17-25(24)30-28-22(14-15-32-30)18-26(34(2,3)4)31(29(27)28)33(19)23-12-6-5-7-13-23/h5-18H,1-4H3. The van der Waals surface area contributed by atoms with Gasteiger partial charge in [0.2, 0.25) is 0 Å². The molecule has 0 aliphatic heterocycles. The molecule has 0 aliphatic rings. The molecule has 7 aromatic rings. The Morgan fingerprint density at radius 1 is 0.676 bits per heavy atom. The third-order valence-electron chi connectivity index (χ3n) is 7.43. The molecule has 0 unspecified atom stereocenters. The zero-order valence-electron chi connectivity index (χ0n) is 20.0. The number of nitrogens with zero attached hydrogens (tertiary/aromatic N) is 2. The van der Waals surface area contributed by atoms with Crippen LogP contribution in [0.5, 0.6) is 0 Å². The lowest BCUT2D eigenvalue weighted by Crippen LogP contribution is -2.39. The predicted octanol–water partition coefficient (Wildman–Crippen LogP) is 7.93. The number of para-hydroxylation sites is 1. The molecule has 0 atom stereocenters. The van der Waals surface area contributed by atoms with Gasteiger partial charge in [-0.15, -0.1) is 0 Å². The van der Waals surface area contributed by atoms with E-state index in [1.807, 2.05) is 6.20 Å². The van der Waals surface area contributed by atoms with E-state index in [1.165, 1.54) is 65.2 Å². The van der Waals surface area contributed by atoms with Gasteiger partial charge < -0.3 is 4.57 Å². The van der Waals surface area contributed by atoms with Gasteiger partial charge in [0, 0.05) is 39.1 Å². The van der Waals surface area contributed by atoms with Gasteiger partial charge in [-0.3, -0.25) is 4.98 Å². The van der Waals surface area contributed by atoms with Crippen LogP contribution in [-0.2, 0) is 0 Å². The summed E-state index contributed by atoms with van der Waals surface area (Å²) in [4.78, 5) is 4.97. The minimum absolute atomic E-state index is 1.11. The van der Waals surface area contributed by atoms with Crippen LogP contribution >= 0.6 is 0 Å². The van der Waals surface area contributed by atoms with E-state index in [-0.39, 0.29) is 0 Å². The first-order valence-electron chi connectivity index (χ1n) is 12.0. The number of aryl methyl sites for hydroxylation is 1. The summed E-state index contributed by atoms with van der Waals surface area (Å²) in [5, 5.41) is 11.9. The van der Waals surface area contributed by atoms with Crippen LogP contribution in [0.15, 0.2) is 85.1 Å². The van der Waals surface area contributed by atoms with Crippen LogP contribution in [0.2, 0.25) is 19.6 Å². The molecule has 0 spiro atoms. The fraction of sp³-hybridized carbons (Fsp3) is 0.129. The normalized spacial score (nSPS) is 12.7. The highest BCUT2D eigenvalue weighted by Crippen LogP contribution is 2.44. The van der Waals surface area contributed by atoms with Crippen LogP contribution in [-0.4, -0.2) is 17.6 Å². The SMILES string of the molecule is Cc1c2c3cc4ccccc4cc3c3nccc4cc([Si](C)(C)C)c(c2c43)n1-c1ccccc1. The van der Waals surface area contributed by atoms with Crippen molar-refractivity contribution < 1.29 is 0 Å². The summed E-state index contributed by atoms with van der Waals surface area (Å²) in [6, 6.07) is 28.9. The zero-order valence-corrected chi connectivity index (χ0v) is 21.0. The molecule has 2 nitrogen and oxygen atoms in total. The average Bonchev–Trinajstić information content (AvgIpc) is 3.15. The molecular weight excluding hydrogens is 428 g/mol. The van der Waals surface area contributed by atoms with Gasteiger partial charge in [0.1, 0.15) is 0 Å². The maximum absolute atomic E-state index is 4.97. The Hall–Kier alpha value is -3.69. The van der Waals surface area contributed by atoms with Crippen molar-refractivity contribution in [1.82, 2.24) is 9.55 Å². The van der Waals surface area contributed by atoms with Crippen LogP contribution in [0.4, 0.5) is 0 Å². The summed E-state index contributed by atoms with van der Waals surface area (Å²) >= 11 is 0. The highest BCUT2D eigenvalue weighted by atomic mass is 28.3. The van der Waals surface area contributed by atoms with Crippen molar-refractivity contribution in [2.24, 2.45) is 0 Å². The van der Waals surface area contributed by atoms with Gasteiger partial charge in [-0.25, -0.2) is 0 Å². The second-order valence-electron chi connectivity index (χ2n) is 10.5. The lowest BCUT2D eigenvalue weighted by Gasteiger charge is -2.22. The molecule has 7 rings (SSSR count). The number of hydrogen-bond acceptors (Lipinski definition) is 1. The van der Waals surface area contributed by atoms with E-state index < -0.39 is 8.07 Å². The van der Waals surface area contributed by atoms with Gasteiger partial charge in [-0.2, -0.15) is 0 Å². The van der Waals surface area contributed by atoms with Crippen molar-refractivity contribution in [2.45, 2.75) is 26.6 Å². The zero-order chi connectivity index (χ0) is 23.2. The minimum Gasteiger partial charge on any atom is -0.313 e. The van der Waals surface area contributed by atoms with Crippen molar-refractivity contribution in [1.29, 1.82) is 0 Å². The van der Waals surface area contributed by atoms with E-state index in [9.17, 15) is 0 Å². The molecule has 0 fully saturated rings. The highest BCUT2D eigenvalue weighted by Gasteiger charge is 2.28. The summed E-state index contributed by atoms with van der Waals surface area (Å²) in [7, 11) is -1.66. The maximum Gasteiger partial charge on any atom is 0.0804 e. The lowest BCUT2D eigenvalue weighted by molar-refractivity contribution is 1.07. The first-order valence-corrected chi connectivity index (χ1v) is 15.5. The first kappa shape index (κ1) is 19.7. The van der Waals surface area contributed by atoms with Gasteiger partial charge >= 0.3 is 0 Å². The van der Waals surface area contributed by atoms with Gasteiger partial charge in [0.05, 0.1) is 19.1 Å². The van der Waals surface area contributed by atoms with Gasteiger partial charge in [-0.1, -0.05) is 68.2 Å². The topological polar surface area (TPSA) is 17.8 Å². The predicted molar refractivity (Wildman–Crippen MR) is 150 cm³/mol. The van der Waals surface area contributed by atoms with E-state index in [2.05, 4.69) is 110 Å². The summed E-state index contributed by atoms with van der Waals surface area (Å²) in [6.07, 6.45) is 1.99. The number of pyridine rings is 1. The number of rotatable bonds is 2. The number of fused-ring (bicyclic) bond motifs is 4. The smallest absolute Gasteiger partial charge is 0.0804 e. The summed E-state index contributed by atoms with van der Waals surface area (Å²) in [6.45, 7) is 9.67. The van der Waals surface area contributed by atoms with E-state index in [1.54, 1.807) is 0 Å². The van der Waals surface area contributed by atoms with Crippen molar-refractivity contribution in [3.8, 4) is 5.69 Å². The van der Waals surface area contributed by atoms with Gasteiger partial charge in [-0.05, 0) is 64.0 Å². The van der Waals surface area contributed by atoms with Crippen LogP contribution < -0.4 is 5.19 Å². The second kappa shape index (κ2) is 6.68. The third kappa shape index (κ3) is 2.53. The Morgan fingerprint density at radius 2 is 1.35 bits per heavy atom. The molecule has 0 aliphatic carbocycles.